The number of benzene rings is 1. The second-order valence-electron chi connectivity index (χ2n) is 5.13. The molecule has 2 N–H and O–H groups in total. The van der Waals surface area contributed by atoms with Gasteiger partial charge in [0.05, 0.1) is 6.61 Å². The summed E-state index contributed by atoms with van der Waals surface area (Å²) < 4.78 is 18.0. The molecule has 0 aromatic heterocycles. The molecule has 0 bridgehead atoms. The van der Waals surface area contributed by atoms with Crippen molar-refractivity contribution in [2.24, 2.45) is 0 Å². The van der Waals surface area contributed by atoms with Crippen molar-refractivity contribution in [1.82, 2.24) is 10.2 Å². The van der Waals surface area contributed by atoms with Crippen LogP contribution in [0, 0.1) is 21.3 Å². The van der Waals surface area contributed by atoms with E-state index in [1.807, 2.05) is 99.6 Å². The Bertz CT molecular complexity index is 394. The van der Waals surface area contributed by atoms with Crippen LogP contribution in [0.1, 0.15) is 100 Å². The summed E-state index contributed by atoms with van der Waals surface area (Å²) >= 11 is 0. The minimum Gasteiger partial charge on any atom is -0.358 e. The monoisotopic (exact) mass is 550 g/mol. The van der Waals surface area contributed by atoms with E-state index in [0.717, 1.165) is 31.2 Å². The summed E-state index contributed by atoms with van der Waals surface area (Å²) in [6.45, 7) is 28.8. The molecule has 0 unspecified atom stereocenters. The SMILES string of the molecule is CC.CC.CC.CCCNP(=O)(NCCC)OCc1ccccc1.[CH2-]CC.[CH2-]CC.[CH3-].[Y+3]. The average Bonchev–Trinajstić information content (AvgIpc) is 2.81. The largest absolute Gasteiger partial charge is 3.00 e. The van der Waals surface area contributed by atoms with Crippen LogP contribution in [0.15, 0.2) is 30.3 Å². The van der Waals surface area contributed by atoms with Gasteiger partial charge in [-0.1, -0.05) is 99.6 Å². The quantitative estimate of drug-likeness (QED) is 0.238. The Balaban J connectivity index is -0.0000000762. The third-order valence-electron chi connectivity index (χ3n) is 2.40. The Labute approximate surface area is 230 Å². The van der Waals surface area contributed by atoms with Gasteiger partial charge in [0.2, 0.25) is 0 Å². The Hall–Kier alpha value is 0.434. The molecule has 0 atom stereocenters. The van der Waals surface area contributed by atoms with Crippen LogP contribution in [0.25, 0.3) is 0 Å². The summed E-state index contributed by atoms with van der Waals surface area (Å²) in [5, 5.41) is 5.95. The fraction of sp³-hybridized carbons (Fsp3) is 0.654. The van der Waals surface area contributed by atoms with E-state index in [-0.39, 0.29) is 40.1 Å². The topological polar surface area (TPSA) is 50.4 Å². The van der Waals surface area contributed by atoms with Crippen molar-refractivity contribution in [2.75, 3.05) is 13.1 Å². The molecule has 6 heteroatoms. The van der Waals surface area contributed by atoms with Gasteiger partial charge in [-0.3, -0.25) is 4.57 Å². The van der Waals surface area contributed by atoms with Crippen LogP contribution >= 0.6 is 7.67 Å². The zero-order valence-corrected chi connectivity index (χ0v) is 27.3. The Kier molecular flexibility index (Phi) is 75.5. The van der Waals surface area contributed by atoms with Crippen LogP contribution < -0.4 is 10.2 Å². The molecule has 0 amide bonds. The van der Waals surface area contributed by atoms with Gasteiger partial charge in [0, 0.05) is 13.1 Å². The summed E-state index contributed by atoms with van der Waals surface area (Å²) in [5.74, 6) is 0. The second kappa shape index (κ2) is 48.8. The number of nitrogens with one attached hydrogen (secondary N) is 2. The maximum absolute atomic E-state index is 12.5. The van der Waals surface area contributed by atoms with Crippen molar-refractivity contribution < 1.29 is 41.8 Å². The van der Waals surface area contributed by atoms with Gasteiger partial charge < -0.3 is 25.8 Å². The van der Waals surface area contributed by atoms with Gasteiger partial charge in [-0.25, -0.2) is 10.2 Å². The van der Waals surface area contributed by atoms with E-state index in [1.165, 1.54) is 0 Å². The minimum atomic E-state index is -2.92. The van der Waals surface area contributed by atoms with Crippen molar-refractivity contribution in [3.05, 3.63) is 57.2 Å². The molecule has 0 saturated carbocycles. The predicted octanol–water partition coefficient (Wildman–Crippen LogP) is 9.30. The molecule has 0 heterocycles. The van der Waals surface area contributed by atoms with E-state index in [1.54, 1.807) is 0 Å². The van der Waals surface area contributed by atoms with Crippen LogP contribution in [-0.4, -0.2) is 13.1 Å². The molecular formula is C26H58N2O2PY. The zero-order valence-electron chi connectivity index (χ0n) is 23.6. The van der Waals surface area contributed by atoms with Gasteiger partial charge in [-0.2, -0.15) is 12.8 Å². The predicted molar refractivity (Wildman–Crippen MR) is 147 cm³/mol. The first-order valence-electron chi connectivity index (χ1n) is 11.9. The molecule has 0 aliphatic carbocycles. The van der Waals surface area contributed by atoms with Gasteiger partial charge in [0.1, 0.15) is 0 Å². The van der Waals surface area contributed by atoms with E-state index >= 15 is 0 Å². The smallest absolute Gasteiger partial charge is 0.358 e. The molecule has 1 rings (SSSR count). The fourth-order valence-corrected chi connectivity index (χ4v) is 3.07. The third-order valence-corrected chi connectivity index (χ3v) is 4.17. The van der Waals surface area contributed by atoms with Crippen molar-refractivity contribution >= 4 is 7.67 Å². The fourth-order valence-electron chi connectivity index (χ4n) is 1.40. The number of hydrogen-bond donors (Lipinski definition) is 2. The molecule has 4 nitrogen and oxygen atoms in total. The Morgan fingerprint density at radius 3 is 1.38 bits per heavy atom. The van der Waals surface area contributed by atoms with Crippen LogP contribution in [-0.2, 0) is 48.4 Å². The molecule has 0 aliphatic rings. The molecule has 192 valence electrons. The maximum atomic E-state index is 12.5. The number of rotatable bonds is 9. The molecule has 0 aliphatic heterocycles. The van der Waals surface area contributed by atoms with Gasteiger partial charge in [-0.05, 0) is 18.4 Å². The van der Waals surface area contributed by atoms with Gasteiger partial charge in [0.25, 0.3) is 0 Å². The standard InChI is InChI=1S/C13H23N2O2P.2C3H7.3C2H6.CH3.Y/c1-3-10-14-18(16,15-11-4-2)17-12-13-8-6-5-7-9-13;2*1-3-2;3*1-2;;/h5-9H,3-4,10-12H2,1-2H3,(H2,14,15,16);2*1,3H2,2H3;3*1-2H3;1H3;/q;2*-1;;;;-1;+3. The van der Waals surface area contributed by atoms with E-state index in [0.29, 0.717) is 19.7 Å². The van der Waals surface area contributed by atoms with Crippen LogP contribution in [0.3, 0.4) is 0 Å². The molecule has 32 heavy (non-hydrogen) atoms. The van der Waals surface area contributed by atoms with E-state index < -0.39 is 7.67 Å². The normalized spacial score (nSPS) is 8.25. The molecule has 0 radical (unpaired) electrons. The molecule has 1 aromatic rings. The van der Waals surface area contributed by atoms with Crippen molar-refractivity contribution in [1.29, 1.82) is 0 Å². The van der Waals surface area contributed by atoms with Crippen LogP contribution in [0.2, 0.25) is 0 Å². The summed E-state index contributed by atoms with van der Waals surface area (Å²) in [7, 11) is -2.92. The molecule has 0 fully saturated rings. The molecule has 0 spiro atoms. The van der Waals surface area contributed by atoms with E-state index in [4.69, 9.17) is 4.52 Å². The number of hydrogen-bond acceptors (Lipinski definition) is 2. The average molecular weight is 551 g/mol. The van der Waals surface area contributed by atoms with E-state index in [2.05, 4.69) is 24.0 Å². The Morgan fingerprint density at radius 1 is 0.781 bits per heavy atom. The van der Waals surface area contributed by atoms with Crippen molar-refractivity contribution in [2.45, 2.75) is 102 Å². The van der Waals surface area contributed by atoms with Gasteiger partial charge >= 0.3 is 40.4 Å². The van der Waals surface area contributed by atoms with Crippen LogP contribution in [0.4, 0.5) is 0 Å². The first kappa shape index (κ1) is 49.5. The molecular weight excluding hydrogens is 492 g/mol. The van der Waals surface area contributed by atoms with E-state index in [9.17, 15) is 4.57 Å². The zero-order chi connectivity index (χ0) is 24.7. The summed E-state index contributed by atoms with van der Waals surface area (Å²) in [5.41, 5.74) is 1.02. The van der Waals surface area contributed by atoms with Crippen LogP contribution in [0.5, 0.6) is 0 Å². The summed E-state index contributed by atoms with van der Waals surface area (Å²) in [6.07, 6.45) is 3.85. The first-order valence-corrected chi connectivity index (χ1v) is 13.5. The minimum absolute atomic E-state index is 0. The first-order chi connectivity index (χ1) is 14.5. The van der Waals surface area contributed by atoms with Crippen molar-refractivity contribution in [3.8, 4) is 0 Å². The third kappa shape index (κ3) is 44.2. The molecule has 0 saturated heterocycles. The summed E-state index contributed by atoms with van der Waals surface area (Å²) in [6, 6.07) is 9.77. The Morgan fingerprint density at radius 2 is 1.09 bits per heavy atom. The summed E-state index contributed by atoms with van der Waals surface area (Å²) in [4.78, 5) is 0. The maximum Gasteiger partial charge on any atom is 3.00 e. The van der Waals surface area contributed by atoms with Gasteiger partial charge in [0.15, 0.2) is 0 Å². The molecule has 1 aromatic carbocycles. The van der Waals surface area contributed by atoms with Gasteiger partial charge in [-0.15, -0.1) is 0 Å². The van der Waals surface area contributed by atoms with Crippen molar-refractivity contribution in [3.63, 3.8) is 0 Å². The second-order valence-corrected chi connectivity index (χ2v) is 7.12.